The van der Waals surface area contributed by atoms with E-state index in [9.17, 15) is 13.9 Å². The van der Waals surface area contributed by atoms with Crippen molar-refractivity contribution in [2.24, 2.45) is 5.92 Å². The van der Waals surface area contributed by atoms with Gasteiger partial charge in [-0.25, -0.2) is 8.78 Å². The summed E-state index contributed by atoms with van der Waals surface area (Å²) in [4.78, 5) is 0. The maximum Gasteiger partial charge on any atom is 0.159 e. The molecule has 3 heteroatoms. The normalized spacial score (nSPS) is 24.9. The molecule has 1 aliphatic carbocycles. The van der Waals surface area contributed by atoms with Gasteiger partial charge < -0.3 is 5.11 Å². The lowest BCUT2D eigenvalue weighted by Gasteiger charge is -2.22. The molecule has 0 saturated carbocycles. The van der Waals surface area contributed by atoms with E-state index in [0.717, 1.165) is 12.1 Å². The van der Waals surface area contributed by atoms with Gasteiger partial charge in [0.25, 0.3) is 0 Å². The summed E-state index contributed by atoms with van der Waals surface area (Å²) in [5.41, 5.74) is 1.01. The van der Waals surface area contributed by atoms with Gasteiger partial charge in [0.05, 0.1) is 6.10 Å². The van der Waals surface area contributed by atoms with Crippen LogP contribution in [-0.2, 0) is 0 Å². The summed E-state index contributed by atoms with van der Waals surface area (Å²) in [6, 6.07) is 2.17. The second-order valence-electron chi connectivity index (χ2n) is 3.56. The van der Waals surface area contributed by atoms with E-state index in [2.05, 4.69) is 0 Å². The van der Waals surface area contributed by atoms with Crippen LogP contribution in [0.2, 0.25) is 0 Å². The lowest BCUT2D eigenvalue weighted by Crippen LogP contribution is -2.12. The predicted molar refractivity (Wildman–Crippen MR) is 49.5 cm³/mol. The topological polar surface area (TPSA) is 20.2 Å². The van der Waals surface area contributed by atoms with Crippen LogP contribution in [0.4, 0.5) is 8.78 Å². The van der Waals surface area contributed by atoms with Crippen LogP contribution in [0, 0.1) is 17.6 Å². The summed E-state index contributed by atoms with van der Waals surface area (Å²) < 4.78 is 25.7. The highest BCUT2D eigenvalue weighted by atomic mass is 19.2. The van der Waals surface area contributed by atoms with Crippen molar-refractivity contribution in [2.45, 2.75) is 13.0 Å². The predicted octanol–water partition coefficient (Wildman–Crippen LogP) is 2.66. The number of benzene rings is 1. The molecule has 2 rings (SSSR count). The minimum absolute atomic E-state index is 0.0626. The summed E-state index contributed by atoms with van der Waals surface area (Å²) in [5.74, 6) is -1.85. The van der Waals surface area contributed by atoms with Crippen LogP contribution in [-0.4, -0.2) is 5.11 Å². The van der Waals surface area contributed by atoms with E-state index in [4.69, 9.17) is 0 Å². The average molecular weight is 196 g/mol. The average Bonchev–Trinajstić information content (AvgIpc) is 2.15. The molecule has 0 radical (unpaired) electrons. The Morgan fingerprint density at radius 2 is 1.86 bits per heavy atom. The Balaban J connectivity index is 2.58. The fraction of sp³-hybridized carbons (Fsp3) is 0.273. The fourth-order valence-corrected chi connectivity index (χ4v) is 1.62. The van der Waals surface area contributed by atoms with Gasteiger partial charge in [0.1, 0.15) is 0 Å². The van der Waals surface area contributed by atoms with Crippen LogP contribution in [0.3, 0.4) is 0 Å². The molecule has 0 fully saturated rings. The van der Waals surface area contributed by atoms with Gasteiger partial charge in [0.2, 0.25) is 0 Å². The fourth-order valence-electron chi connectivity index (χ4n) is 1.62. The van der Waals surface area contributed by atoms with Crippen molar-refractivity contribution in [1.29, 1.82) is 0 Å². The molecule has 1 aromatic carbocycles. The highest BCUT2D eigenvalue weighted by Gasteiger charge is 2.22. The molecule has 0 spiro atoms. The Kier molecular flexibility index (Phi) is 2.11. The molecule has 0 unspecified atom stereocenters. The maximum atomic E-state index is 12.9. The third-order valence-corrected chi connectivity index (χ3v) is 2.52. The number of rotatable bonds is 0. The first-order chi connectivity index (χ1) is 6.59. The van der Waals surface area contributed by atoms with E-state index in [1.807, 2.05) is 6.92 Å². The first kappa shape index (κ1) is 9.34. The summed E-state index contributed by atoms with van der Waals surface area (Å²) in [5, 5.41) is 9.70. The second-order valence-corrected chi connectivity index (χ2v) is 3.56. The van der Waals surface area contributed by atoms with E-state index >= 15 is 0 Å². The van der Waals surface area contributed by atoms with E-state index in [1.165, 1.54) is 0 Å². The SMILES string of the molecule is C[C@@H]1C=Cc2cc(F)c(F)cc2[C@@H]1O. The van der Waals surface area contributed by atoms with E-state index in [1.54, 1.807) is 12.2 Å². The highest BCUT2D eigenvalue weighted by molar-refractivity contribution is 5.57. The maximum absolute atomic E-state index is 12.9. The van der Waals surface area contributed by atoms with Gasteiger partial charge in [0, 0.05) is 5.92 Å². The summed E-state index contributed by atoms with van der Waals surface area (Å²) in [7, 11) is 0. The summed E-state index contributed by atoms with van der Waals surface area (Å²) >= 11 is 0. The smallest absolute Gasteiger partial charge is 0.159 e. The molecule has 0 heterocycles. The van der Waals surface area contributed by atoms with Crippen molar-refractivity contribution in [3.8, 4) is 0 Å². The van der Waals surface area contributed by atoms with Gasteiger partial charge in [-0.05, 0) is 23.3 Å². The molecule has 1 aliphatic rings. The van der Waals surface area contributed by atoms with Crippen molar-refractivity contribution in [3.63, 3.8) is 0 Å². The zero-order valence-corrected chi connectivity index (χ0v) is 7.67. The number of halogens is 2. The van der Waals surface area contributed by atoms with Crippen LogP contribution in [0.1, 0.15) is 24.2 Å². The van der Waals surface area contributed by atoms with Crippen molar-refractivity contribution < 1.29 is 13.9 Å². The third kappa shape index (κ3) is 1.34. The molecule has 74 valence electrons. The van der Waals surface area contributed by atoms with E-state index < -0.39 is 17.7 Å². The molecule has 0 saturated heterocycles. The highest BCUT2D eigenvalue weighted by Crippen LogP contribution is 2.32. The molecule has 2 atom stereocenters. The number of hydrogen-bond donors (Lipinski definition) is 1. The Hall–Kier alpha value is -1.22. The van der Waals surface area contributed by atoms with E-state index in [-0.39, 0.29) is 5.92 Å². The van der Waals surface area contributed by atoms with Crippen LogP contribution in [0.25, 0.3) is 6.08 Å². The zero-order chi connectivity index (χ0) is 10.3. The molecule has 1 aromatic rings. The van der Waals surface area contributed by atoms with E-state index in [0.29, 0.717) is 11.1 Å². The summed E-state index contributed by atoms with van der Waals surface area (Å²) in [6.45, 7) is 1.82. The molecule has 0 aliphatic heterocycles. The third-order valence-electron chi connectivity index (χ3n) is 2.52. The lowest BCUT2D eigenvalue weighted by atomic mass is 9.88. The molecule has 1 N–H and O–H groups in total. The van der Waals surface area contributed by atoms with Crippen LogP contribution < -0.4 is 0 Å². The van der Waals surface area contributed by atoms with Gasteiger partial charge in [-0.2, -0.15) is 0 Å². The first-order valence-electron chi connectivity index (χ1n) is 4.45. The molecule has 0 amide bonds. The van der Waals surface area contributed by atoms with Crippen molar-refractivity contribution >= 4 is 6.08 Å². The molecule has 1 nitrogen and oxygen atoms in total. The Morgan fingerprint density at radius 1 is 1.21 bits per heavy atom. The molecule has 14 heavy (non-hydrogen) atoms. The quantitative estimate of drug-likeness (QED) is 0.676. The van der Waals surface area contributed by atoms with Gasteiger partial charge in [-0.15, -0.1) is 0 Å². The number of aliphatic hydroxyl groups excluding tert-OH is 1. The van der Waals surface area contributed by atoms with Crippen molar-refractivity contribution in [1.82, 2.24) is 0 Å². The van der Waals surface area contributed by atoms with Crippen LogP contribution >= 0.6 is 0 Å². The zero-order valence-electron chi connectivity index (χ0n) is 7.67. The van der Waals surface area contributed by atoms with Crippen molar-refractivity contribution in [3.05, 3.63) is 41.0 Å². The standard InChI is InChI=1S/C11H10F2O/c1-6-2-3-7-4-9(12)10(13)5-8(7)11(6)14/h2-6,11,14H,1H3/t6-,11-/m1/s1. The Bertz CT molecular complexity index is 399. The lowest BCUT2D eigenvalue weighted by molar-refractivity contribution is 0.137. The molecular weight excluding hydrogens is 186 g/mol. The minimum Gasteiger partial charge on any atom is -0.388 e. The van der Waals surface area contributed by atoms with Gasteiger partial charge in [-0.3, -0.25) is 0 Å². The Morgan fingerprint density at radius 3 is 2.57 bits per heavy atom. The largest absolute Gasteiger partial charge is 0.388 e. The van der Waals surface area contributed by atoms with Crippen LogP contribution in [0.5, 0.6) is 0 Å². The molecular formula is C11H10F2O. The molecule has 0 bridgehead atoms. The number of aliphatic hydroxyl groups is 1. The van der Waals surface area contributed by atoms with Gasteiger partial charge >= 0.3 is 0 Å². The monoisotopic (exact) mass is 196 g/mol. The second kappa shape index (κ2) is 3.17. The number of hydrogen-bond acceptors (Lipinski definition) is 1. The van der Waals surface area contributed by atoms with Gasteiger partial charge in [-0.1, -0.05) is 19.1 Å². The first-order valence-corrected chi connectivity index (χ1v) is 4.45. The van der Waals surface area contributed by atoms with Gasteiger partial charge in [0.15, 0.2) is 11.6 Å². The summed E-state index contributed by atoms with van der Waals surface area (Å²) in [6.07, 6.45) is 2.74. The van der Waals surface area contributed by atoms with Crippen molar-refractivity contribution in [2.75, 3.05) is 0 Å². The minimum atomic E-state index is -0.912. The number of fused-ring (bicyclic) bond motifs is 1. The van der Waals surface area contributed by atoms with Crippen LogP contribution in [0.15, 0.2) is 18.2 Å². The molecule has 0 aromatic heterocycles. The Labute approximate surface area is 80.7 Å².